The highest BCUT2D eigenvalue weighted by Crippen LogP contribution is 2.41. The minimum Gasteiger partial charge on any atom is -0.317 e. The predicted octanol–water partition coefficient (Wildman–Crippen LogP) is 1.37. The van der Waals surface area contributed by atoms with Crippen LogP contribution in [-0.4, -0.2) is 44.2 Å². The second kappa shape index (κ2) is 5.27. The summed E-state index contributed by atoms with van der Waals surface area (Å²) in [7, 11) is -2.93. The van der Waals surface area contributed by atoms with Gasteiger partial charge in [-0.25, -0.2) is 12.7 Å². The number of rotatable bonds is 2. The maximum absolute atomic E-state index is 12.1. The Balaban J connectivity index is 0.00000120. The van der Waals surface area contributed by atoms with E-state index in [1.807, 2.05) is 0 Å². The van der Waals surface area contributed by atoms with Crippen LogP contribution >= 0.6 is 12.4 Å². The maximum Gasteiger partial charge on any atom is 0.216 e. The molecule has 0 unspecified atom stereocenters. The number of nitrogens with zero attached hydrogens (tertiary/aromatic N) is 1. The van der Waals surface area contributed by atoms with Crippen molar-refractivity contribution in [2.75, 3.05) is 26.2 Å². The van der Waals surface area contributed by atoms with E-state index in [1.165, 1.54) is 12.8 Å². The van der Waals surface area contributed by atoms with Crippen molar-refractivity contribution < 1.29 is 8.42 Å². The quantitative estimate of drug-likeness (QED) is 0.837. The van der Waals surface area contributed by atoms with Crippen molar-refractivity contribution in [1.82, 2.24) is 9.62 Å². The largest absolute Gasteiger partial charge is 0.317 e. The molecular formula is C12H23ClN2O2S. The van der Waals surface area contributed by atoms with Crippen molar-refractivity contribution in [2.24, 2.45) is 5.41 Å². The molecule has 0 aromatic carbocycles. The summed E-state index contributed by atoms with van der Waals surface area (Å²) in [5, 5.41) is 3.36. The van der Waals surface area contributed by atoms with Gasteiger partial charge in [0.1, 0.15) is 0 Å². The number of nitrogens with one attached hydrogen (secondary N) is 1. The Labute approximate surface area is 116 Å². The molecule has 0 aromatic heterocycles. The Kier molecular flexibility index (Phi) is 4.26. The Bertz CT molecular complexity index is 379. The summed E-state index contributed by atoms with van der Waals surface area (Å²) < 4.78 is 26.0. The number of halogens is 1. The first-order valence-electron chi connectivity index (χ1n) is 6.82. The number of sulfonamides is 1. The third kappa shape index (κ3) is 2.69. The predicted molar refractivity (Wildman–Crippen MR) is 74.5 cm³/mol. The van der Waals surface area contributed by atoms with E-state index in [1.54, 1.807) is 4.31 Å². The zero-order chi connectivity index (χ0) is 11.9. The fourth-order valence-electron chi connectivity index (χ4n) is 3.25. The van der Waals surface area contributed by atoms with Gasteiger partial charge in [0, 0.05) is 13.1 Å². The monoisotopic (exact) mass is 294 g/mol. The Morgan fingerprint density at radius 1 is 1.00 bits per heavy atom. The lowest BCUT2D eigenvalue weighted by Gasteiger charge is -2.44. The first kappa shape index (κ1) is 14.6. The molecule has 3 aliphatic rings. The van der Waals surface area contributed by atoms with Crippen molar-refractivity contribution >= 4 is 22.4 Å². The van der Waals surface area contributed by atoms with E-state index < -0.39 is 10.0 Å². The lowest BCUT2D eigenvalue weighted by Crippen LogP contribution is -2.47. The van der Waals surface area contributed by atoms with Gasteiger partial charge >= 0.3 is 0 Å². The van der Waals surface area contributed by atoms with Gasteiger partial charge in [-0.3, -0.25) is 0 Å². The van der Waals surface area contributed by atoms with Crippen LogP contribution in [0.2, 0.25) is 0 Å². The molecule has 2 heterocycles. The molecule has 106 valence electrons. The minimum absolute atomic E-state index is 0. The standard InChI is InChI=1S/C12H22N2O2S.ClH/c15-17(16,11-1-2-11)14-9-5-12(6-10-14)3-7-13-8-4-12;/h11,13H,1-10H2;1H. The Morgan fingerprint density at radius 2 is 1.56 bits per heavy atom. The third-order valence-electron chi connectivity index (χ3n) is 4.75. The molecule has 3 rings (SSSR count). The van der Waals surface area contributed by atoms with Crippen molar-refractivity contribution in [3.63, 3.8) is 0 Å². The van der Waals surface area contributed by atoms with E-state index in [0.717, 1.165) is 51.9 Å². The minimum atomic E-state index is -2.93. The molecule has 1 saturated carbocycles. The molecule has 2 aliphatic heterocycles. The van der Waals surface area contributed by atoms with Crippen LogP contribution in [0.4, 0.5) is 0 Å². The van der Waals surface area contributed by atoms with Gasteiger partial charge in [-0.1, -0.05) is 0 Å². The number of hydrogen-bond acceptors (Lipinski definition) is 3. The highest BCUT2D eigenvalue weighted by atomic mass is 35.5. The molecular weight excluding hydrogens is 272 g/mol. The van der Waals surface area contributed by atoms with Crippen LogP contribution in [0.3, 0.4) is 0 Å². The molecule has 0 atom stereocenters. The molecule has 1 N–H and O–H groups in total. The van der Waals surface area contributed by atoms with Gasteiger partial charge in [-0.15, -0.1) is 12.4 Å². The molecule has 0 bridgehead atoms. The van der Waals surface area contributed by atoms with Gasteiger partial charge in [0.25, 0.3) is 0 Å². The molecule has 1 aliphatic carbocycles. The van der Waals surface area contributed by atoms with E-state index in [2.05, 4.69) is 5.32 Å². The van der Waals surface area contributed by atoms with Crippen LogP contribution in [0.25, 0.3) is 0 Å². The van der Waals surface area contributed by atoms with Crippen LogP contribution in [0.15, 0.2) is 0 Å². The second-order valence-corrected chi connectivity index (χ2v) is 8.11. The molecule has 0 amide bonds. The van der Waals surface area contributed by atoms with E-state index in [-0.39, 0.29) is 17.7 Å². The van der Waals surface area contributed by atoms with Gasteiger partial charge in [0.05, 0.1) is 5.25 Å². The summed E-state index contributed by atoms with van der Waals surface area (Å²) in [5.41, 5.74) is 0.445. The summed E-state index contributed by atoms with van der Waals surface area (Å²) in [6, 6.07) is 0. The zero-order valence-electron chi connectivity index (χ0n) is 10.7. The highest BCUT2D eigenvalue weighted by molar-refractivity contribution is 7.90. The van der Waals surface area contributed by atoms with E-state index in [4.69, 9.17) is 0 Å². The van der Waals surface area contributed by atoms with Gasteiger partial charge in [-0.05, 0) is 57.0 Å². The third-order valence-corrected chi connectivity index (χ3v) is 7.15. The average Bonchev–Trinajstić information content (AvgIpc) is 3.15. The van der Waals surface area contributed by atoms with Crippen molar-refractivity contribution in [3.05, 3.63) is 0 Å². The van der Waals surface area contributed by atoms with Gasteiger partial charge in [0.2, 0.25) is 10.0 Å². The molecule has 3 fully saturated rings. The van der Waals surface area contributed by atoms with Crippen molar-refractivity contribution in [3.8, 4) is 0 Å². The first-order valence-corrected chi connectivity index (χ1v) is 8.33. The van der Waals surface area contributed by atoms with Crippen molar-refractivity contribution in [1.29, 1.82) is 0 Å². The Hall–Kier alpha value is 0.160. The highest BCUT2D eigenvalue weighted by Gasteiger charge is 2.44. The Morgan fingerprint density at radius 3 is 2.06 bits per heavy atom. The van der Waals surface area contributed by atoms with Gasteiger partial charge < -0.3 is 5.32 Å². The smallest absolute Gasteiger partial charge is 0.216 e. The molecule has 18 heavy (non-hydrogen) atoms. The van der Waals surface area contributed by atoms with Crippen LogP contribution in [0.5, 0.6) is 0 Å². The van der Waals surface area contributed by atoms with Crippen LogP contribution in [0.1, 0.15) is 38.5 Å². The topological polar surface area (TPSA) is 49.4 Å². The molecule has 0 aromatic rings. The van der Waals surface area contributed by atoms with Crippen LogP contribution < -0.4 is 5.32 Å². The normalized spacial score (nSPS) is 28.9. The average molecular weight is 295 g/mol. The maximum atomic E-state index is 12.1. The van der Waals surface area contributed by atoms with Crippen LogP contribution in [-0.2, 0) is 10.0 Å². The fraction of sp³-hybridized carbons (Fsp3) is 1.00. The summed E-state index contributed by atoms with van der Waals surface area (Å²) in [4.78, 5) is 0. The molecule has 1 spiro atoms. The van der Waals surface area contributed by atoms with E-state index in [0.29, 0.717) is 5.41 Å². The number of hydrogen-bond donors (Lipinski definition) is 1. The van der Waals surface area contributed by atoms with Crippen molar-refractivity contribution in [2.45, 2.75) is 43.8 Å². The van der Waals surface area contributed by atoms with E-state index >= 15 is 0 Å². The lowest BCUT2D eigenvalue weighted by molar-refractivity contribution is 0.110. The summed E-state index contributed by atoms with van der Waals surface area (Å²) >= 11 is 0. The molecule has 6 heteroatoms. The molecule has 2 saturated heterocycles. The number of piperidine rings is 2. The lowest BCUT2D eigenvalue weighted by atomic mass is 9.72. The van der Waals surface area contributed by atoms with Crippen LogP contribution in [0, 0.1) is 5.41 Å². The summed E-state index contributed by atoms with van der Waals surface area (Å²) in [6.07, 6.45) is 6.36. The van der Waals surface area contributed by atoms with Gasteiger partial charge in [0.15, 0.2) is 0 Å². The SMILES string of the molecule is Cl.O=S(=O)(C1CC1)N1CCC2(CCNCC2)CC1. The fourth-order valence-corrected chi connectivity index (χ4v) is 5.09. The van der Waals surface area contributed by atoms with E-state index in [9.17, 15) is 8.42 Å². The molecule has 4 nitrogen and oxygen atoms in total. The van der Waals surface area contributed by atoms with Gasteiger partial charge in [-0.2, -0.15) is 0 Å². The zero-order valence-corrected chi connectivity index (χ0v) is 12.4. The summed E-state index contributed by atoms with van der Waals surface area (Å²) in [5.74, 6) is 0. The summed E-state index contributed by atoms with van der Waals surface area (Å²) in [6.45, 7) is 3.74. The molecule has 0 radical (unpaired) electrons. The first-order chi connectivity index (χ1) is 8.12. The second-order valence-electron chi connectivity index (χ2n) is 5.89.